The lowest BCUT2D eigenvalue weighted by Gasteiger charge is -2.44. The molecule has 1 aromatic heterocycles. The number of para-hydroxylation sites is 1. The van der Waals surface area contributed by atoms with Gasteiger partial charge in [-0.1, -0.05) is 42.5 Å². The number of aromatic amines is 1. The third-order valence-electron chi connectivity index (χ3n) is 6.08. The highest BCUT2D eigenvalue weighted by Gasteiger charge is 2.43. The molecule has 124 valence electrons. The molecule has 2 nitrogen and oxygen atoms in total. The van der Waals surface area contributed by atoms with Gasteiger partial charge in [-0.15, -0.1) is 0 Å². The van der Waals surface area contributed by atoms with Crippen molar-refractivity contribution in [2.75, 3.05) is 20.1 Å². The molecule has 2 aliphatic rings. The third kappa shape index (κ3) is 2.25. The molecule has 0 saturated heterocycles. The molecule has 3 aromatic rings. The first-order valence-electron chi connectivity index (χ1n) is 8.78. The number of H-pyrrole nitrogens is 1. The third-order valence-corrected chi connectivity index (χ3v) is 6.08. The number of fused-ring (bicyclic) bond motifs is 7. The van der Waals surface area contributed by atoms with E-state index in [0.29, 0.717) is 6.04 Å². The number of hydrogen-bond acceptors (Lipinski definition) is 0. The number of aryl methyl sites for hydroxylation is 1. The van der Waals surface area contributed by atoms with E-state index in [1.54, 1.807) is 16.7 Å². The fraction of sp³-hybridized carbons (Fsp3) is 0.333. The van der Waals surface area contributed by atoms with Gasteiger partial charge in [0.25, 0.3) is 0 Å². The van der Waals surface area contributed by atoms with E-state index in [-0.39, 0.29) is 24.0 Å². The molecule has 0 radical (unpaired) electrons. The number of quaternary nitrogens is 1. The van der Waals surface area contributed by atoms with Crippen LogP contribution in [0, 0.1) is 0 Å². The number of nitrogens with zero attached hydrogens (tertiary/aromatic N) is 1. The summed E-state index contributed by atoms with van der Waals surface area (Å²) in [7, 11) is 2.46. The predicted molar refractivity (Wildman–Crippen MR) is 94.5 cm³/mol. The van der Waals surface area contributed by atoms with Gasteiger partial charge in [0, 0.05) is 29.3 Å². The molecule has 2 aliphatic heterocycles. The first-order valence-corrected chi connectivity index (χ1v) is 8.78. The van der Waals surface area contributed by atoms with Crippen molar-refractivity contribution in [2.24, 2.45) is 0 Å². The van der Waals surface area contributed by atoms with E-state index >= 15 is 0 Å². The lowest BCUT2D eigenvalue weighted by Crippen LogP contribution is -3.00. The fourth-order valence-electron chi connectivity index (χ4n) is 4.92. The number of rotatable bonds is 0. The molecule has 24 heavy (non-hydrogen) atoms. The first-order chi connectivity index (χ1) is 11.3. The van der Waals surface area contributed by atoms with Gasteiger partial charge in [0.05, 0.1) is 25.8 Å². The summed E-state index contributed by atoms with van der Waals surface area (Å²) in [5.74, 6) is 0. The number of halogens is 1. The smallest absolute Gasteiger partial charge is 0.156 e. The second kappa shape index (κ2) is 5.88. The van der Waals surface area contributed by atoms with Crippen LogP contribution in [0.1, 0.15) is 34.8 Å². The molecule has 0 fully saturated rings. The number of benzene rings is 2. The van der Waals surface area contributed by atoms with Crippen molar-refractivity contribution >= 4 is 10.9 Å². The second-order valence-electron chi connectivity index (χ2n) is 7.44. The quantitative estimate of drug-likeness (QED) is 0.408. The number of likely N-dealkylation sites (N-methyl/N-ethyl adjacent to an activating group) is 1. The summed E-state index contributed by atoms with van der Waals surface area (Å²) in [6.07, 6.45) is 3.70. The van der Waals surface area contributed by atoms with Crippen LogP contribution >= 0.6 is 0 Å². The first kappa shape index (κ1) is 16.2. The molecule has 3 heteroatoms. The minimum atomic E-state index is 0. The van der Waals surface area contributed by atoms with Crippen molar-refractivity contribution in [3.05, 3.63) is 70.9 Å². The lowest BCUT2D eigenvalue weighted by molar-refractivity contribution is -0.935. The summed E-state index contributed by atoms with van der Waals surface area (Å²) < 4.78 is 1.15. The highest BCUT2D eigenvalue weighted by Crippen LogP contribution is 2.44. The molecule has 2 atom stereocenters. The second-order valence-corrected chi connectivity index (χ2v) is 7.44. The molecule has 2 aromatic carbocycles. The molecule has 0 aliphatic carbocycles. The Kier molecular flexibility index (Phi) is 3.96. The maximum absolute atomic E-state index is 3.79. The zero-order chi connectivity index (χ0) is 15.4. The van der Waals surface area contributed by atoms with Gasteiger partial charge >= 0.3 is 0 Å². The standard InChI is InChI=1S/C21H23N2.HI/c1-23-13-6-8-15-7-2-3-9-16(15)21(23)20-18(12-14-23)17-10-4-5-11-19(17)22-20;/h2-5,7,9-11,21-22H,6,8,12-14H2,1H3;1H/q+1;/p-1. The zero-order valence-corrected chi connectivity index (χ0v) is 16.2. The summed E-state index contributed by atoms with van der Waals surface area (Å²) in [6.45, 7) is 2.52. The largest absolute Gasteiger partial charge is 1.00 e. The SMILES string of the molecule is C[N+]12CCCc3ccccc3C1c1[nH]c3ccccc3c1CC2.[I-]. The van der Waals surface area contributed by atoms with E-state index in [2.05, 4.69) is 60.6 Å². The summed E-state index contributed by atoms with van der Waals surface area (Å²) in [4.78, 5) is 3.79. The Labute approximate surface area is 160 Å². The average molecular weight is 430 g/mol. The van der Waals surface area contributed by atoms with Gasteiger partial charge in [0.2, 0.25) is 0 Å². The Morgan fingerprint density at radius 3 is 2.67 bits per heavy atom. The minimum Gasteiger partial charge on any atom is -1.00 e. The van der Waals surface area contributed by atoms with Gasteiger partial charge in [0.15, 0.2) is 6.04 Å². The minimum absolute atomic E-state index is 0. The Hall–Kier alpha value is -1.33. The van der Waals surface area contributed by atoms with Crippen molar-refractivity contribution in [1.29, 1.82) is 0 Å². The van der Waals surface area contributed by atoms with Crippen LogP contribution in [0.15, 0.2) is 48.5 Å². The van der Waals surface area contributed by atoms with Crippen molar-refractivity contribution in [3.63, 3.8) is 0 Å². The van der Waals surface area contributed by atoms with E-state index in [1.165, 1.54) is 48.9 Å². The van der Waals surface area contributed by atoms with Crippen LogP contribution < -0.4 is 24.0 Å². The molecular weight excluding hydrogens is 407 g/mol. The Morgan fingerprint density at radius 1 is 0.958 bits per heavy atom. The van der Waals surface area contributed by atoms with Gasteiger partial charge in [-0.3, -0.25) is 0 Å². The maximum Gasteiger partial charge on any atom is 0.156 e. The maximum atomic E-state index is 3.79. The van der Waals surface area contributed by atoms with Crippen molar-refractivity contribution in [2.45, 2.75) is 25.3 Å². The Morgan fingerprint density at radius 2 is 1.75 bits per heavy atom. The summed E-state index contributed by atoms with van der Waals surface area (Å²) in [5.41, 5.74) is 7.41. The van der Waals surface area contributed by atoms with E-state index < -0.39 is 0 Å². The van der Waals surface area contributed by atoms with Crippen molar-refractivity contribution in [1.82, 2.24) is 4.98 Å². The van der Waals surface area contributed by atoms with Crippen LogP contribution in [0.2, 0.25) is 0 Å². The topological polar surface area (TPSA) is 15.8 Å². The predicted octanol–water partition coefficient (Wildman–Crippen LogP) is 1.21. The van der Waals surface area contributed by atoms with Crippen LogP contribution in [0.3, 0.4) is 0 Å². The molecule has 2 unspecified atom stereocenters. The van der Waals surface area contributed by atoms with Gasteiger partial charge in [-0.2, -0.15) is 0 Å². The van der Waals surface area contributed by atoms with E-state index in [9.17, 15) is 0 Å². The van der Waals surface area contributed by atoms with Gasteiger partial charge in [-0.05, 0) is 23.6 Å². The molecule has 1 N–H and O–H groups in total. The van der Waals surface area contributed by atoms with Gasteiger partial charge < -0.3 is 33.4 Å². The van der Waals surface area contributed by atoms with E-state index in [1.807, 2.05) is 0 Å². The normalized spacial score (nSPS) is 25.1. The van der Waals surface area contributed by atoms with E-state index in [0.717, 1.165) is 4.48 Å². The molecule has 0 amide bonds. The average Bonchev–Trinajstić information content (AvgIpc) is 2.86. The fourth-order valence-corrected chi connectivity index (χ4v) is 4.92. The Balaban J connectivity index is 0.00000146. The summed E-state index contributed by atoms with van der Waals surface area (Å²) >= 11 is 0. The summed E-state index contributed by atoms with van der Waals surface area (Å²) in [6, 6.07) is 18.4. The molecule has 5 rings (SSSR count). The Bertz CT molecular complexity index is 898. The number of hydrogen-bond donors (Lipinski definition) is 1. The molecule has 3 heterocycles. The van der Waals surface area contributed by atoms with Crippen molar-refractivity contribution in [3.8, 4) is 0 Å². The lowest BCUT2D eigenvalue weighted by atomic mass is 9.89. The monoisotopic (exact) mass is 430 g/mol. The highest BCUT2D eigenvalue weighted by molar-refractivity contribution is 5.85. The van der Waals surface area contributed by atoms with Gasteiger partial charge in [-0.25, -0.2) is 0 Å². The number of aromatic nitrogens is 1. The van der Waals surface area contributed by atoms with Crippen LogP contribution in [0.4, 0.5) is 0 Å². The molecule has 0 saturated carbocycles. The van der Waals surface area contributed by atoms with E-state index in [4.69, 9.17) is 0 Å². The van der Waals surface area contributed by atoms with Crippen LogP contribution in [0.5, 0.6) is 0 Å². The van der Waals surface area contributed by atoms with Crippen LogP contribution in [0.25, 0.3) is 10.9 Å². The van der Waals surface area contributed by atoms with Gasteiger partial charge in [0.1, 0.15) is 0 Å². The van der Waals surface area contributed by atoms with Crippen LogP contribution in [-0.2, 0) is 12.8 Å². The molecule has 0 bridgehead atoms. The zero-order valence-electron chi connectivity index (χ0n) is 14.1. The van der Waals surface area contributed by atoms with Crippen LogP contribution in [-0.4, -0.2) is 29.6 Å². The van der Waals surface area contributed by atoms with Crippen molar-refractivity contribution < 1.29 is 28.5 Å². The molecule has 0 spiro atoms. The molecular formula is C21H23IN2. The number of nitrogens with one attached hydrogen (secondary N) is 1. The summed E-state index contributed by atoms with van der Waals surface area (Å²) in [5, 5.41) is 1.43. The highest BCUT2D eigenvalue weighted by atomic mass is 127.